The smallest absolute Gasteiger partial charge is 0.0728 e. The van der Waals surface area contributed by atoms with E-state index >= 15 is 0 Å². The molecule has 0 amide bonds. The van der Waals surface area contributed by atoms with Crippen LogP contribution in [0.15, 0.2) is 18.5 Å². The minimum Gasteiger partial charge on any atom is -0.379 e. The van der Waals surface area contributed by atoms with Crippen LogP contribution in [-0.4, -0.2) is 15.7 Å². The van der Waals surface area contributed by atoms with Crippen LogP contribution >= 0.6 is 0 Å². The molecule has 1 aromatic rings. The number of aromatic nitrogens is 2. The molecular formula is C8H13N3. The highest BCUT2D eigenvalue weighted by atomic mass is 15.1. The predicted molar refractivity (Wildman–Crippen MR) is 45.4 cm³/mol. The Morgan fingerprint density at radius 3 is 2.45 bits per heavy atom. The zero-order valence-corrected chi connectivity index (χ0v) is 7.13. The lowest BCUT2D eigenvalue weighted by atomic mass is 10.1. The molecule has 60 valence electrons. The molecule has 0 radical (unpaired) electrons. The zero-order valence-electron chi connectivity index (χ0n) is 7.13. The number of hydrogen-bond donors (Lipinski definition) is 1. The average molecular weight is 151 g/mol. The van der Waals surface area contributed by atoms with E-state index in [0.29, 0.717) is 0 Å². The van der Waals surface area contributed by atoms with Gasteiger partial charge in [0.2, 0.25) is 0 Å². The molecule has 0 saturated carbocycles. The van der Waals surface area contributed by atoms with Gasteiger partial charge < -0.3 is 5.32 Å². The Kier molecular flexibility index (Phi) is 2.08. The lowest BCUT2D eigenvalue weighted by molar-refractivity contribution is 0.633. The topological polar surface area (TPSA) is 37.8 Å². The predicted octanol–water partition coefficient (Wildman–Crippen LogP) is 1.69. The van der Waals surface area contributed by atoms with Gasteiger partial charge in [0.05, 0.1) is 18.1 Å². The van der Waals surface area contributed by atoms with Crippen LogP contribution in [0.3, 0.4) is 0 Å². The highest BCUT2D eigenvalue weighted by Crippen LogP contribution is 2.10. The van der Waals surface area contributed by atoms with E-state index in [-0.39, 0.29) is 5.54 Å². The Hall–Kier alpha value is -1.12. The molecule has 0 aliphatic carbocycles. The molecule has 0 saturated heterocycles. The molecular weight excluding hydrogens is 138 g/mol. The van der Waals surface area contributed by atoms with Gasteiger partial charge in [-0.1, -0.05) is 0 Å². The van der Waals surface area contributed by atoms with E-state index in [1.165, 1.54) is 0 Å². The van der Waals surface area contributed by atoms with Gasteiger partial charge in [0.15, 0.2) is 0 Å². The molecule has 0 aromatic carbocycles. The minimum absolute atomic E-state index is 0.0863. The van der Waals surface area contributed by atoms with E-state index in [2.05, 4.69) is 36.3 Å². The maximum absolute atomic E-state index is 3.76. The van der Waals surface area contributed by atoms with E-state index in [1.54, 1.807) is 12.4 Å². The van der Waals surface area contributed by atoms with E-state index in [0.717, 1.165) is 5.69 Å². The Morgan fingerprint density at radius 1 is 1.27 bits per heavy atom. The quantitative estimate of drug-likeness (QED) is 0.663. The molecule has 0 spiro atoms. The SMILES string of the molecule is CC(C)(C)Nc1ccnnc1. The first-order valence-electron chi connectivity index (χ1n) is 3.63. The largest absolute Gasteiger partial charge is 0.379 e. The van der Waals surface area contributed by atoms with Crippen LogP contribution in [-0.2, 0) is 0 Å². The molecule has 1 heterocycles. The number of rotatable bonds is 1. The van der Waals surface area contributed by atoms with E-state index in [4.69, 9.17) is 0 Å². The minimum atomic E-state index is 0.0863. The lowest BCUT2D eigenvalue weighted by Gasteiger charge is -2.21. The lowest BCUT2D eigenvalue weighted by Crippen LogP contribution is -2.26. The summed E-state index contributed by atoms with van der Waals surface area (Å²) in [5, 5.41) is 10.7. The van der Waals surface area contributed by atoms with E-state index < -0.39 is 0 Å². The van der Waals surface area contributed by atoms with Crippen LogP contribution in [0.1, 0.15) is 20.8 Å². The fourth-order valence-electron chi connectivity index (χ4n) is 0.798. The number of hydrogen-bond acceptors (Lipinski definition) is 3. The van der Waals surface area contributed by atoms with Crippen molar-refractivity contribution in [2.24, 2.45) is 0 Å². The summed E-state index contributed by atoms with van der Waals surface area (Å²) in [6, 6.07) is 1.90. The van der Waals surface area contributed by atoms with Crippen molar-refractivity contribution in [2.75, 3.05) is 5.32 Å². The third kappa shape index (κ3) is 2.98. The second-order valence-electron chi connectivity index (χ2n) is 3.51. The molecule has 1 rings (SSSR count). The molecule has 0 atom stereocenters. The van der Waals surface area contributed by atoms with Crippen molar-refractivity contribution in [2.45, 2.75) is 26.3 Å². The normalized spacial score (nSPS) is 11.2. The molecule has 11 heavy (non-hydrogen) atoms. The first kappa shape index (κ1) is 7.98. The number of nitrogens with zero attached hydrogens (tertiary/aromatic N) is 2. The molecule has 1 N–H and O–H groups in total. The second kappa shape index (κ2) is 2.86. The summed E-state index contributed by atoms with van der Waals surface area (Å²) in [4.78, 5) is 0. The van der Waals surface area contributed by atoms with Crippen LogP contribution in [0.5, 0.6) is 0 Å². The van der Waals surface area contributed by atoms with Gasteiger partial charge in [0, 0.05) is 5.54 Å². The first-order chi connectivity index (χ1) is 5.08. The summed E-state index contributed by atoms with van der Waals surface area (Å²) in [5.74, 6) is 0. The molecule has 0 aliphatic rings. The summed E-state index contributed by atoms with van der Waals surface area (Å²) in [5.41, 5.74) is 1.09. The summed E-state index contributed by atoms with van der Waals surface area (Å²) < 4.78 is 0. The molecule has 3 heteroatoms. The third-order valence-corrected chi connectivity index (χ3v) is 1.10. The first-order valence-corrected chi connectivity index (χ1v) is 3.63. The molecule has 0 fully saturated rings. The van der Waals surface area contributed by atoms with E-state index in [9.17, 15) is 0 Å². The van der Waals surface area contributed by atoms with Crippen molar-refractivity contribution in [1.82, 2.24) is 10.2 Å². The van der Waals surface area contributed by atoms with E-state index in [1.807, 2.05) is 6.07 Å². The fourth-order valence-corrected chi connectivity index (χ4v) is 0.798. The van der Waals surface area contributed by atoms with Gasteiger partial charge in [-0.3, -0.25) is 0 Å². The third-order valence-electron chi connectivity index (χ3n) is 1.10. The summed E-state index contributed by atoms with van der Waals surface area (Å²) in [7, 11) is 0. The van der Waals surface area contributed by atoms with Gasteiger partial charge in [-0.15, -0.1) is 0 Å². The summed E-state index contributed by atoms with van der Waals surface area (Å²) >= 11 is 0. The molecule has 0 unspecified atom stereocenters. The monoisotopic (exact) mass is 151 g/mol. The van der Waals surface area contributed by atoms with Crippen molar-refractivity contribution in [3.05, 3.63) is 18.5 Å². The Balaban J connectivity index is 2.66. The van der Waals surface area contributed by atoms with Crippen molar-refractivity contribution < 1.29 is 0 Å². The van der Waals surface area contributed by atoms with Crippen LogP contribution in [0.2, 0.25) is 0 Å². The van der Waals surface area contributed by atoms with Gasteiger partial charge >= 0.3 is 0 Å². The summed E-state index contributed by atoms with van der Waals surface area (Å²) in [6.07, 6.45) is 3.39. The zero-order chi connectivity index (χ0) is 8.32. The highest BCUT2D eigenvalue weighted by molar-refractivity contribution is 5.40. The number of nitrogens with one attached hydrogen (secondary N) is 1. The standard InChI is InChI=1S/C8H13N3/c1-8(2,3)11-7-4-5-9-10-6-7/h4-6H,1-3H3,(H,9,11). The Labute approximate surface area is 66.8 Å². The molecule has 0 aliphatic heterocycles. The van der Waals surface area contributed by atoms with Crippen LogP contribution < -0.4 is 5.32 Å². The maximum Gasteiger partial charge on any atom is 0.0728 e. The van der Waals surface area contributed by atoms with Crippen molar-refractivity contribution >= 4 is 5.69 Å². The average Bonchev–Trinajstić information content (AvgIpc) is 1.85. The Morgan fingerprint density at radius 2 is 2.00 bits per heavy atom. The van der Waals surface area contributed by atoms with Crippen molar-refractivity contribution in [3.63, 3.8) is 0 Å². The van der Waals surface area contributed by atoms with Crippen molar-refractivity contribution in [3.8, 4) is 0 Å². The van der Waals surface area contributed by atoms with Crippen molar-refractivity contribution in [1.29, 1.82) is 0 Å². The van der Waals surface area contributed by atoms with Gasteiger partial charge in [0.1, 0.15) is 0 Å². The number of anilines is 1. The Bertz CT molecular complexity index is 213. The van der Waals surface area contributed by atoms with Gasteiger partial charge in [0.25, 0.3) is 0 Å². The van der Waals surface area contributed by atoms with Crippen LogP contribution in [0.25, 0.3) is 0 Å². The van der Waals surface area contributed by atoms with Gasteiger partial charge in [-0.25, -0.2) is 0 Å². The summed E-state index contributed by atoms with van der Waals surface area (Å²) in [6.45, 7) is 6.31. The fraction of sp³-hybridized carbons (Fsp3) is 0.500. The molecule has 3 nitrogen and oxygen atoms in total. The van der Waals surface area contributed by atoms with Crippen LogP contribution in [0, 0.1) is 0 Å². The molecule has 0 bridgehead atoms. The van der Waals surface area contributed by atoms with Gasteiger partial charge in [-0.05, 0) is 26.8 Å². The maximum atomic E-state index is 3.76. The highest BCUT2D eigenvalue weighted by Gasteiger charge is 2.08. The van der Waals surface area contributed by atoms with Crippen LogP contribution in [0.4, 0.5) is 5.69 Å². The molecule has 1 aromatic heterocycles. The van der Waals surface area contributed by atoms with Gasteiger partial charge in [-0.2, -0.15) is 10.2 Å². The second-order valence-corrected chi connectivity index (χ2v) is 3.51.